The van der Waals surface area contributed by atoms with Crippen molar-refractivity contribution in [1.82, 2.24) is 0 Å². The van der Waals surface area contributed by atoms with Crippen LogP contribution in [-0.2, 0) is 5.54 Å². The van der Waals surface area contributed by atoms with E-state index in [-0.39, 0.29) is 11.3 Å². The van der Waals surface area contributed by atoms with Crippen molar-refractivity contribution in [2.45, 2.75) is 31.2 Å². The van der Waals surface area contributed by atoms with E-state index in [4.69, 9.17) is 10.5 Å². The molecule has 3 N–H and O–H groups in total. The quantitative estimate of drug-likeness (QED) is 0.879. The topological polar surface area (TPSA) is 55.5 Å². The third-order valence-electron chi connectivity index (χ3n) is 3.31. The minimum absolute atomic E-state index is 0.186. The molecule has 0 heterocycles. The van der Waals surface area contributed by atoms with Crippen molar-refractivity contribution >= 4 is 15.9 Å². The maximum absolute atomic E-state index is 9.80. The van der Waals surface area contributed by atoms with Gasteiger partial charge >= 0.3 is 0 Å². The van der Waals surface area contributed by atoms with Gasteiger partial charge in [0.05, 0.1) is 7.11 Å². The summed E-state index contributed by atoms with van der Waals surface area (Å²) in [6.07, 6.45) is 4.24. The molecule has 1 fully saturated rings. The number of hydrogen-bond acceptors (Lipinski definition) is 3. The fourth-order valence-corrected chi connectivity index (χ4v) is 2.70. The summed E-state index contributed by atoms with van der Waals surface area (Å²) in [6, 6.07) is 3.65. The molecule has 1 aromatic carbocycles. The lowest BCUT2D eigenvalue weighted by atomic mass is 9.89. The number of halogens is 1. The van der Waals surface area contributed by atoms with Crippen LogP contribution in [0.3, 0.4) is 0 Å². The van der Waals surface area contributed by atoms with Gasteiger partial charge in [0.15, 0.2) is 0 Å². The third kappa shape index (κ3) is 1.92. The van der Waals surface area contributed by atoms with Crippen molar-refractivity contribution in [3.05, 3.63) is 22.2 Å². The van der Waals surface area contributed by atoms with Crippen molar-refractivity contribution in [2.75, 3.05) is 7.11 Å². The Labute approximate surface area is 104 Å². The van der Waals surface area contributed by atoms with Crippen molar-refractivity contribution in [2.24, 2.45) is 5.73 Å². The number of hydrogen-bond donors (Lipinski definition) is 2. The number of aromatic hydroxyl groups is 1. The van der Waals surface area contributed by atoms with Gasteiger partial charge in [0.25, 0.3) is 0 Å². The van der Waals surface area contributed by atoms with E-state index in [2.05, 4.69) is 15.9 Å². The molecule has 0 atom stereocenters. The third-order valence-corrected chi connectivity index (χ3v) is 4.11. The number of ether oxygens (including phenoxy) is 1. The molecule has 1 aromatic rings. The average Bonchev–Trinajstić information content (AvgIpc) is 2.70. The van der Waals surface area contributed by atoms with E-state index in [1.54, 1.807) is 13.2 Å². The first-order valence-corrected chi connectivity index (χ1v) is 6.22. The largest absolute Gasteiger partial charge is 0.507 e. The molecule has 0 bridgehead atoms. The van der Waals surface area contributed by atoms with Gasteiger partial charge in [-0.05, 0) is 46.5 Å². The Morgan fingerprint density at radius 2 is 2.00 bits per heavy atom. The number of nitrogens with two attached hydrogens (primary N) is 1. The molecule has 4 heteroatoms. The van der Waals surface area contributed by atoms with E-state index in [1.807, 2.05) is 6.07 Å². The fraction of sp³-hybridized carbons (Fsp3) is 0.500. The Bertz CT molecular complexity index is 400. The zero-order chi connectivity index (χ0) is 11.8. The number of benzene rings is 1. The smallest absolute Gasteiger partial charge is 0.137 e. The Hall–Kier alpha value is -0.740. The summed E-state index contributed by atoms with van der Waals surface area (Å²) < 4.78 is 5.79. The summed E-state index contributed by atoms with van der Waals surface area (Å²) in [4.78, 5) is 0. The van der Waals surface area contributed by atoms with Gasteiger partial charge in [0.1, 0.15) is 16.0 Å². The molecule has 2 rings (SSSR count). The molecule has 3 nitrogen and oxygen atoms in total. The average molecular weight is 286 g/mol. The summed E-state index contributed by atoms with van der Waals surface area (Å²) in [5.41, 5.74) is 7.00. The van der Waals surface area contributed by atoms with Crippen LogP contribution in [0.1, 0.15) is 31.2 Å². The Morgan fingerprint density at radius 3 is 2.56 bits per heavy atom. The molecule has 0 aliphatic heterocycles. The minimum Gasteiger partial charge on any atom is -0.507 e. The second-order valence-corrected chi connectivity index (χ2v) is 5.17. The summed E-state index contributed by atoms with van der Waals surface area (Å²) in [7, 11) is 1.58. The van der Waals surface area contributed by atoms with Gasteiger partial charge in [0.2, 0.25) is 0 Å². The lowest BCUT2D eigenvalue weighted by Crippen LogP contribution is -2.33. The first kappa shape index (κ1) is 11.7. The SMILES string of the molecule is COc1cc(C2(N)CCCC2)cc(O)c1Br. The molecule has 16 heavy (non-hydrogen) atoms. The molecular weight excluding hydrogens is 270 g/mol. The summed E-state index contributed by atoms with van der Waals surface area (Å²) in [5.74, 6) is 0.817. The molecule has 88 valence electrons. The molecule has 1 aliphatic rings. The summed E-state index contributed by atoms with van der Waals surface area (Å²) >= 11 is 3.28. The predicted octanol–water partition coefficient (Wildman–Crippen LogP) is 2.89. The van der Waals surface area contributed by atoms with Gasteiger partial charge in [0, 0.05) is 5.54 Å². The molecule has 0 aromatic heterocycles. The standard InChI is InChI=1S/C12H16BrNO2/c1-16-10-7-8(6-9(15)11(10)13)12(14)4-2-3-5-12/h6-7,15H,2-5,14H2,1H3. The molecular formula is C12H16BrNO2. The highest BCUT2D eigenvalue weighted by Gasteiger charge is 2.32. The van der Waals surface area contributed by atoms with Crippen LogP contribution in [0.15, 0.2) is 16.6 Å². The van der Waals surface area contributed by atoms with E-state index in [0.29, 0.717) is 10.2 Å². The normalized spacial score (nSPS) is 18.7. The zero-order valence-electron chi connectivity index (χ0n) is 9.29. The van der Waals surface area contributed by atoms with Gasteiger partial charge < -0.3 is 15.6 Å². The predicted molar refractivity (Wildman–Crippen MR) is 66.7 cm³/mol. The first-order chi connectivity index (χ1) is 7.57. The van der Waals surface area contributed by atoms with Crippen molar-refractivity contribution < 1.29 is 9.84 Å². The van der Waals surface area contributed by atoms with Crippen molar-refractivity contribution in [3.63, 3.8) is 0 Å². The molecule has 0 spiro atoms. The van der Waals surface area contributed by atoms with E-state index >= 15 is 0 Å². The Kier molecular flexibility index (Phi) is 3.13. The van der Waals surface area contributed by atoms with Crippen LogP contribution < -0.4 is 10.5 Å². The van der Waals surface area contributed by atoms with Crippen LogP contribution in [0.2, 0.25) is 0 Å². The van der Waals surface area contributed by atoms with Gasteiger partial charge in [-0.3, -0.25) is 0 Å². The van der Waals surface area contributed by atoms with E-state index < -0.39 is 0 Å². The monoisotopic (exact) mass is 285 g/mol. The van der Waals surface area contributed by atoms with E-state index in [1.165, 1.54) is 0 Å². The number of phenolic OH excluding ortho intramolecular Hbond substituents is 1. The van der Waals surface area contributed by atoms with Crippen LogP contribution in [-0.4, -0.2) is 12.2 Å². The highest BCUT2D eigenvalue weighted by atomic mass is 79.9. The van der Waals surface area contributed by atoms with E-state index in [9.17, 15) is 5.11 Å². The Balaban J connectivity index is 2.45. The lowest BCUT2D eigenvalue weighted by molar-refractivity contribution is 0.395. The summed E-state index contributed by atoms with van der Waals surface area (Å²) in [6.45, 7) is 0. The number of phenols is 1. The fourth-order valence-electron chi connectivity index (χ4n) is 2.31. The van der Waals surface area contributed by atoms with Gasteiger partial charge in [-0.15, -0.1) is 0 Å². The van der Waals surface area contributed by atoms with Gasteiger partial charge in [-0.1, -0.05) is 12.8 Å². The number of methoxy groups -OCH3 is 1. The lowest BCUT2D eigenvalue weighted by Gasteiger charge is -2.25. The highest BCUT2D eigenvalue weighted by Crippen LogP contribution is 2.42. The minimum atomic E-state index is -0.300. The second-order valence-electron chi connectivity index (χ2n) is 4.37. The van der Waals surface area contributed by atoms with Crippen LogP contribution in [0.5, 0.6) is 11.5 Å². The second kappa shape index (κ2) is 4.26. The van der Waals surface area contributed by atoms with Crippen molar-refractivity contribution in [3.8, 4) is 11.5 Å². The first-order valence-electron chi connectivity index (χ1n) is 5.43. The van der Waals surface area contributed by atoms with Crippen LogP contribution in [0, 0.1) is 0 Å². The van der Waals surface area contributed by atoms with Crippen LogP contribution >= 0.6 is 15.9 Å². The molecule has 0 amide bonds. The maximum Gasteiger partial charge on any atom is 0.137 e. The molecule has 1 aliphatic carbocycles. The highest BCUT2D eigenvalue weighted by molar-refractivity contribution is 9.10. The van der Waals surface area contributed by atoms with Gasteiger partial charge in [-0.2, -0.15) is 0 Å². The Morgan fingerprint density at radius 1 is 1.38 bits per heavy atom. The van der Waals surface area contributed by atoms with Crippen LogP contribution in [0.25, 0.3) is 0 Å². The van der Waals surface area contributed by atoms with Crippen LogP contribution in [0.4, 0.5) is 0 Å². The molecule has 0 unspecified atom stereocenters. The molecule has 0 saturated heterocycles. The maximum atomic E-state index is 9.80. The van der Waals surface area contributed by atoms with E-state index in [0.717, 1.165) is 31.2 Å². The summed E-state index contributed by atoms with van der Waals surface area (Å²) in [5, 5.41) is 9.80. The molecule has 1 saturated carbocycles. The zero-order valence-corrected chi connectivity index (χ0v) is 10.9. The van der Waals surface area contributed by atoms with Crippen molar-refractivity contribution in [1.29, 1.82) is 0 Å². The van der Waals surface area contributed by atoms with Gasteiger partial charge in [-0.25, -0.2) is 0 Å². The number of rotatable bonds is 2. The molecule has 0 radical (unpaired) electrons.